The van der Waals surface area contributed by atoms with Gasteiger partial charge in [-0.2, -0.15) is 0 Å². The maximum Gasteiger partial charge on any atom is 0.220 e. The standard InChI is InChI=1S/C46H89NO3/c1-3-5-7-9-11-13-15-16-17-18-19-20-21-22-23-24-25-26-27-28-29-30-31-32-34-36-38-40-42-46(50)47-44(43-48)45(49)41-39-37-35-33-14-12-10-8-6-4-2/h22-23,39,41,44-45,48-49H,3-21,24-38,40,42-43H2,1-2H3,(H,47,50)/b23-22-,41-39+. The first-order valence-corrected chi connectivity index (χ1v) is 22.6. The van der Waals surface area contributed by atoms with E-state index in [0.29, 0.717) is 6.42 Å². The summed E-state index contributed by atoms with van der Waals surface area (Å²) < 4.78 is 0. The minimum atomic E-state index is -0.834. The van der Waals surface area contributed by atoms with Crippen LogP contribution in [0.5, 0.6) is 0 Å². The van der Waals surface area contributed by atoms with Gasteiger partial charge in [-0.3, -0.25) is 4.79 Å². The van der Waals surface area contributed by atoms with Crippen molar-refractivity contribution in [3.05, 3.63) is 24.3 Å². The van der Waals surface area contributed by atoms with E-state index >= 15 is 0 Å². The summed E-state index contributed by atoms with van der Waals surface area (Å²) in [6, 6.07) is -0.618. The van der Waals surface area contributed by atoms with E-state index in [-0.39, 0.29) is 12.5 Å². The lowest BCUT2D eigenvalue weighted by molar-refractivity contribution is -0.123. The molecule has 0 aromatic carbocycles. The lowest BCUT2D eigenvalue weighted by atomic mass is 10.0. The normalized spacial score (nSPS) is 13.1. The van der Waals surface area contributed by atoms with Crippen LogP contribution in [0, 0.1) is 0 Å². The van der Waals surface area contributed by atoms with Crippen LogP contribution in [0.15, 0.2) is 24.3 Å². The molecule has 0 radical (unpaired) electrons. The molecule has 0 rings (SSSR count). The average Bonchev–Trinajstić information content (AvgIpc) is 3.12. The van der Waals surface area contributed by atoms with Gasteiger partial charge in [0.05, 0.1) is 18.8 Å². The zero-order valence-corrected chi connectivity index (χ0v) is 33.9. The van der Waals surface area contributed by atoms with Crippen molar-refractivity contribution in [1.29, 1.82) is 0 Å². The second-order valence-electron chi connectivity index (χ2n) is 15.5. The topological polar surface area (TPSA) is 69.6 Å². The highest BCUT2D eigenvalue weighted by molar-refractivity contribution is 5.76. The Morgan fingerprint density at radius 3 is 1.10 bits per heavy atom. The lowest BCUT2D eigenvalue weighted by Crippen LogP contribution is -2.45. The molecule has 3 N–H and O–H groups in total. The van der Waals surface area contributed by atoms with Crippen molar-refractivity contribution in [2.45, 2.75) is 257 Å². The molecule has 0 heterocycles. The smallest absolute Gasteiger partial charge is 0.220 e. The van der Waals surface area contributed by atoms with Crippen molar-refractivity contribution >= 4 is 5.91 Å². The number of carbonyl (C=O) groups is 1. The van der Waals surface area contributed by atoms with Crippen LogP contribution in [-0.2, 0) is 4.79 Å². The SMILES string of the molecule is CCCCCCCCCC/C=C/C(O)C(CO)NC(=O)CCCCCCCCCCCCCC/C=C\CCCCCCCCCCCCCC. The first kappa shape index (κ1) is 48.9. The number of hydrogen-bond donors (Lipinski definition) is 3. The van der Waals surface area contributed by atoms with E-state index in [1.165, 1.54) is 199 Å². The Morgan fingerprint density at radius 2 is 0.760 bits per heavy atom. The molecule has 2 unspecified atom stereocenters. The summed E-state index contributed by atoms with van der Waals surface area (Å²) in [5.74, 6) is -0.0644. The fourth-order valence-electron chi connectivity index (χ4n) is 6.94. The van der Waals surface area contributed by atoms with Crippen molar-refractivity contribution in [1.82, 2.24) is 5.32 Å². The van der Waals surface area contributed by atoms with Crippen LogP contribution in [-0.4, -0.2) is 34.9 Å². The van der Waals surface area contributed by atoms with Gasteiger partial charge in [-0.25, -0.2) is 0 Å². The Morgan fingerprint density at radius 1 is 0.460 bits per heavy atom. The molecule has 0 aromatic rings. The first-order chi connectivity index (χ1) is 24.7. The molecule has 4 heteroatoms. The second kappa shape index (κ2) is 42.3. The third-order valence-electron chi connectivity index (χ3n) is 10.4. The highest BCUT2D eigenvalue weighted by atomic mass is 16.3. The van der Waals surface area contributed by atoms with Crippen LogP contribution in [0.3, 0.4) is 0 Å². The van der Waals surface area contributed by atoms with E-state index in [4.69, 9.17) is 0 Å². The third kappa shape index (κ3) is 38.1. The molecule has 0 aromatic heterocycles. The molecule has 0 fully saturated rings. The minimum Gasteiger partial charge on any atom is -0.394 e. The van der Waals surface area contributed by atoms with Gasteiger partial charge in [-0.1, -0.05) is 218 Å². The number of carbonyl (C=O) groups excluding carboxylic acids is 1. The zero-order chi connectivity index (χ0) is 36.4. The number of hydrogen-bond acceptors (Lipinski definition) is 3. The van der Waals surface area contributed by atoms with E-state index in [1.807, 2.05) is 6.08 Å². The van der Waals surface area contributed by atoms with Crippen molar-refractivity contribution in [3.8, 4) is 0 Å². The molecule has 0 aliphatic rings. The molecule has 0 saturated heterocycles. The van der Waals surface area contributed by atoms with Gasteiger partial charge in [-0.05, 0) is 44.9 Å². The molecular formula is C46H89NO3. The van der Waals surface area contributed by atoms with Crippen LogP contribution in [0.1, 0.15) is 245 Å². The van der Waals surface area contributed by atoms with Crippen molar-refractivity contribution < 1.29 is 15.0 Å². The van der Waals surface area contributed by atoms with Crippen molar-refractivity contribution in [3.63, 3.8) is 0 Å². The van der Waals surface area contributed by atoms with E-state index < -0.39 is 12.1 Å². The number of unbranched alkanes of at least 4 members (excludes halogenated alkanes) is 32. The molecule has 2 atom stereocenters. The van der Waals surface area contributed by atoms with Gasteiger partial charge in [0.15, 0.2) is 0 Å². The van der Waals surface area contributed by atoms with E-state index in [2.05, 4.69) is 31.3 Å². The van der Waals surface area contributed by atoms with Crippen LogP contribution < -0.4 is 5.32 Å². The van der Waals surface area contributed by atoms with Gasteiger partial charge < -0.3 is 15.5 Å². The number of allylic oxidation sites excluding steroid dienone is 3. The van der Waals surface area contributed by atoms with Crippen LogP contribution in [0.25, 0.3) is 0 Å². The van der Waals surface area contributed by atoms with Gasteiger partial charge in [0.2, 0.25) is 5.91 Å². The summed E-state index contributed by atoms with van der Waals surface area (Å²) in [4.78, 5) is 12.3. The van der Waals surface area contributed by atoms with Crippen LogP contribution in [0.4, 0.5) is 0 Å². The number of aliphatic hydroxyl groups is 2. The van der Waals surface area contributed by atoms with Gasteiger partial charge in [0.1, 0.15) is 0 Å². The monoisotopic (exact) mass is 704 g/mol. The molecule has 0 aliphatic carbocycles. The third-order valence-corrected chi connectivity index (χ3v) is 10.4. The molecule has 0 aliphatic heterocycles. The Labute approximate surface area is 313 Å². The Kier molecular flexibility index (Phi) is 41.3. The van der Waals surface area contributed by atoms with Crippen molar-refractivity contribution in [2.75, 3.05) is 6.61 Å². The quantitative estimate of drug-likeness (QED) is 0.0438. The fraction of sp³-hybridized carbons (Fsp3) is 0.891. The fourth-order valence-corrected chi connectivity index (χ4v) is 6.94. The summed E-state index contributed by atoms with van der Waals surface area (Å²) in [5.41, 5.74) is 0. The molecular weight excluding hydrogens is 615 g/mol. The van der Waals surface area contributed by atoms with E-state index in [1.54, 1.807) is 6.08 Å². The van der Waals surface area contributed by atoms with Crippen LogP contribution >= 0.6 is 0 Å². The van der Waals surface area contributed by atoms with Gasteiger partial charge in [0.25, 0.3) is 0 Å². The second-order valence-corrected chi connectivity index (χ2v) is 15.5. The molecule has 0 bridgehead atoms. The molecule has 1 amide bonds. The highest BCUT2D eigenvalue weighted by Gasteiger charge is 2.17. The van der Waals surface area contributed by atoms with Gasteiger partial charge >= 0.3 is 0 Å². The summed E-state index contributed by atoms with van der Waals surface area (Å²) >= 11 is 0. The van der Waals surface area contributed by atoms with E-state index in [0.717, 1.165) is 25.7 Å². The van der Waals surface area contributed by atoms with Crippen LogP contribution in [0.2, 0.25) is 0 Å². The average molecular weight is 704 g/mol. The molecule has 0 spiro atoms. The Bertz CT molecular complexity index is 720. The van der Waals surface area contributed by atoms with E-state index in [9.17, 15) is 15.0 Å². The zero-order valence-electron chi connectivity index (χ0n) is 33.9. The minimum absolute atomic E-state index is 0.0644. The largest absolute Gasteiger partial charge is 0.394 e. The maximum absolute atomic E-state index is 12.3. The Hall–Kier alpha value is -1.13. The highest BCUT2D eigenvalue weighted by Crippen LogP contribution is 2.15. The molecule has 0 saturated carbocycles. The maximum atomic E-state index is 12.3. The lowest BCUT2D eigenvalue weighted by Gasteiger charge is -2.20. The predicted molar refractivity (Wildman–Crippen MR) is 221 cm³/mol. The summed E-state index contributed by atoms with van der Waals surface area (Å²) in [5, 5.41) is 22.9. The predicted octanol–water partition coefficient (Wildman–Crippen LogP) is 14.0. The van der Waals surface area contributed by atoms with Crippen molar-refractivity contribution in [2.24, 2.45) is 0 Å². The number of nitrogens with one attached hydrogen (secondary N) is 1. The molecule has 4 nitrogen and oxygen atoms in total. The molecule has 50 heavy (non-hydrogen) atoms. The van der Waals surface area contributed by atoms with Gasteiger partial charge in [0, 0.05) is 6.42 Å². The summed E-state index contributed by atoms with van der Waals surface area (Å²) in [6.07, 6.45) is 54.5. The number of amides is 1. The summed E-state index contributed by atoms with van der Waals surface area (Å²) in [7, 11) is 0. The number of rotatable bonds is 41. The van der Waals surface area contributed by atoms with Gasteiger partial charge in [-0.15, -0.1) is 0 Å². The first-order valence-electron chi connectivity index (χ1n) is 22.6. The molecule has 296 valence electrons. The number of aliphatic hydroxyl groups excluding tert-OH is 2. The summed E-state index contributed by atoms with van der Waals surface area (Å²) in [6.45, 7) is 4.30. The Balaban J connectivity index is 3.45.